The second-order valence-electron chi connectivity index (χ2n) is 6.05. The van der Waals surface area contributed by atoms with E-state index in [-0.39, 0.29) is 0 Å². The number of imidazole rings is 1. The minimum Gasteiger partial charge on any atom is -0.493 e. The SMILES string of the molecule is COc1cccc(-c2nccn2CC[C@@H]2CCCN2C)c1OC. The first-order valence-corrected chi connectivity index (χ1v) is 8.17. The van der Waals surface area contributed by atoms with E-state index in [2.05, 4.69) is 21.5 Å². The summed E-state index contributed by atoms with van der Waals surface area (Å²) in [6.45, 7) is 2.18. The third kappa shape index (κ3) is 3.20. The molecule has 2 heterocycles. The van der Waals surface area contributed by atoms with Gasteiger partial charge in [0.2, 0.25) is 0 Å². The largest absolute Gasteiger partial charge is 0.493 e. The zero-order chi connectivity index (χ0) is 16.2. The summed E-state index contributed by atoms with van der Waals surface area (Å²) in [6, 6.07) is 6.59. The monoisotopic (exact) mass is 315 g/mol. The summed E-state index contributed by atoms with van der Waals surface area (Å²) in [5, 5.41) is 0. The van der Waals surface area contributed by atoms with E-state index in [1.165, 1.54) is 19.4 Å². The van der Waals surface area contributed by atoms with Crippen LogP contribution in [0, 0.1) is 0 Å². The number of methoxy groups -OCH3 is 2. The molecule has 0 N–H and O–H groups in total. The molecule has 23 heavy (non-hydrogen) atoms. The van der Waals surface area contributed by atoms with E-state index >= 15 is 0 Å². The van der Waals surface area contributed by atoms with Crippen LogP contribution in [-0.2, 0) is 6.54 Å². The molecule has 0 saturated carbocycles. The Morgan fingerprint density at radius 3 is 2.83 bits per heavy atom. The standard InChI is InChI=1S/C18H25N3O2/c1-20-11-5-6-14(20)9-12-21-13-10-19-18(21)15-7-4-8-16(22-2)17(15)23-3/h4,7-8,10,13-14H,5-6,9,11-12H2,1-3H3/t14-/m0/s1. The lowest BCUT2D eigenvalue weighted by Gasteiger charge is -2.20. The van der Waals surface area contributed by atoms with Gasteiger partial charge < -0.3 is 18.9 Å². The first-order chi connectivity index (χ1) is 11.2. The van der Waals surface area contributed by atoms with E-state index in [1.807, 2.05) is 30.6 Å². The molecule has 0 unspecified atom stereocenters. The van der Waals surface area contributed by atoms with Gasteiger partial charge in [-0.05, 0) is 45.0 Å². The maximum absolute atomic E-state index is 5.55. The molecule has 1 aromatic carbocycles. The highest BCUT2D eigenvalue weighted by Crippen LogP contribution is 2.37. The van der Waals surface area contributed by atoms with Crippen molar-refractivity contribution in [3.8, 4) is 22.9 Å². The highest BCUT2D eigenvalue weighted by Gasteiger charge is 2.21. The van der Waals surface area contributed by atoms with Crippen LogP contribution in [-0.4, -0.2) is 48.3 Å². The Bertz CT molecular complexity index is 653. The van der Waals surface area contributed by atoms with Crippen molar-refractivity contribution in [2.45, 2.75) is 31.8 Å². The van der Waals surface area contributed by atoms with Gasteiger partial charge in [0.05, 0.1) is 19.8 Å². The van der Waals surface area contributed by atoms with E-state index in [4.69, 9.17) is 9.47 Å². The number of hydrogen-bond donors (Lipinski definition) is 0. The average molecular weight is 315 g/mol. The van der Waals surface area contributed by atoms with Crippen molar-refractivity contribution in [3.05, 3.63) is 30.6 Å². The summed E-state index contributed by atoms with van der Waals surface area (Å²) < 4.78 is 13.2. The number of aryl methyl sites for hydroxylation is 1. The minimum absolute atomic E-state index is 0.678. The highest BCUT2D eigenvalue weighted by molar-refractivity contribution is 5.69. The van der Waals surface area contributed by atoms with Crippen LogP contribution in [0.1, 0.15) is 19.3 Å². The van der Waals surface area contributed by atoms with Crippen molar-refractivity contribution >= 4 is 0 Å². The van der Waals surface area contributed by atoms with Crippen LogP contribution in [0.25, 0.3) is 11.4 Å². The zero-order valence-electron chi connectivity index (χ0n) is 14.2. The first kappa shape index (κ1) is 15.9. The van der Waals surface area contributed by atoms with Crippen LogP contribution in [0.4, 0.5) is 0 Å². The quantitative estimate of drug-likeness (QED) is 0.821. The number of para-hydroxylation sites is 1. The number of nitrogens with zero attached hydrogens (tertiary/aromatic N) is 3. The van der Waals surface area contributed by atoms with E-state index in [9.17, 15) is 0 Å². The molecule has 5 heteroatoms. The van der Waals surface area contributed by atoms with E-state index in [1.54, 1.807) is 14.2 Å². The van der Waals surface area contributed by atoms with Crippen molar-refractivity contribution in [2.75, 3.05) is 27.8 Å². The second-order valence-corrected chi connectivity index (χ2v) is 6.05. The normalized spacial score (nSPS) is 18.3. The number of hydrogen-bond acceptors (Lipinski definition) is 4. The first-order valence-electron chi connectivity index (χ1n) is 8.17. The molecule has 0 bridgehead atoms. The van der Waals surface area contributed by atoms with Crippen molar-refractivity contribution < 1.29 is 9.47 Å². The molecule has 2 aromatic rings. The van der Waals surface area contributed by atoms with Crippen molar-refractivity contribution in [1.29, 1.82) is 0 Å². The maximum atomic E-state index is 5.55. The summed E-state index contributed by atoms with van der Waals surface area (Å²) in [4.78, 5) is 7.01. The minimum atomic E-state index is 0.678. The number of likely N-dealkylation sites (tertiary alicyclic amines) is 1. The van der Waals surface area contributed by atoms with Crippen LogP contribution in [0.15, 0.2) is 30.6 Å². The fraction of sp³-hybridized carbons (Fsp3) is 0.500. The van der Waals surface area contributed by atoms with Gasteiger partial charge in [0.25, 0.3) is 0 Å². The molecular formula is C18H25N3O2. The van der Waals surface area contributed by atoms with Gasteiger partial charge in [-0.25, -0.2) is 4.98 Å². The number of benzene rings is 1. The van der Waals surface area contributed by atoms with Gasteiger partial charge in [-0.2, -0.15) is 0 Å². The zero-order valence-corrected chi connectivity index (χ0v) is 14.2. The van der Waals surface area contributed by atoms with Gasteiger partial charge in [-0.3, -0.25) is 0 Å². The predicted octanol–water partition coefficient (Wildman–Crippen LogP) is 3.05. The second kappa shape index (κ2) is 7.04. The summed E-state index contributed by atoms with van der Waals surface area (Å²) in [7, 11) is 5.55. The lowest BCUT2D eigenvalue weighted by molar-refractivity contribution is 0.286. The summed E-state index contributed by atoms with van der Waals surface area (Å²) in [5.74, 6) is 2.40. The van der Waals surface area contributed by atoms with Gasteiger partial charge in [0.15, 0.2) is 11.5 Å². The van der Waals surface area contributed by atoms with Gasteiger partial charge in [-0.1, -0.05) is 6.07 Å². The molecule has 5 nitrogen and oxygen atoms in total. The Balaban J connectivity index is 1.83. The molecule has 0 aliphatic carbocycles. The van der Waals surface area contributed by atoms with Gasteiger partial charge in [0, 0.05) is 25.0 Å². The molecular weight excluding hydrogens is 290 g/mol. The topological polar surface area (TPSA) is 39.5 Å². The van der Waals surface area contributed by atoms with Crippen LogP contribution < -0.4 is 9.47 Å². The lowest BCUT2D eigenvalue weighted by Crippen LogP contribution is -2.26. The number of aromatic nitrogens is 2. The number of rotatable bonds is 6. The van der Waals surface area contributed by atoms with Crippen molar-refractivity contribution in [3.63, 3.8) is 0 Å². The van der Waals surface area contributed by atoms with E-state index in [0.717, 1.165) is 35.9 Å². The van der Waals surface area contributed by atoms with Gasteiger partial charge in [0.1, 0.15) is 5.82 Å². The average Bonchev–Trinajstić information content (AvgIpc) is 3.20. The molecule has 1 aromatic heterocycles. The fourth-order valence-electron chi connectivity index (χ4n) is 3.43. The Labute approximate surface area is 137 Å². The van der Waals surface area contributed by atoms with Crippen molar-refractivity contribution in [1.82, 2.24) is 14.5 Å². The third-order valence-corrected chi connectivity index (χ3v) is 4.73. The molecule has 0 spiro atoms. The molecule has 0 radical (unpaired) electrons. The van der Waals surface area contributed by atoms with Crippen LogP contribution in [0.5, 0.6) is 11.5 Å². The summed E-state index contributed by atoms with van der Waals surface area (Å²) in [6.07, 6.45) is 7.65. The van der Waals surface area contributed by atoms with Crippen LogP contribution >= 0.6 is 0 Å². The summed E-state index contributed by atoms with van der Waals surface area (Å²) in [5.41, 5.74) is 0.969. The molecule has 1 atom stereocenters. The predicted molar refractivity (Wildman–Crippen MR) is 91.0 cm³/mol. The summed E-state index contributed by atoms with van der Waals surface area (Å²) >= 11 is 0. The van der Waals surface area contributed by atoms with Gasteiger partial charge >= 0.3 is 0 Å². The number of ether oxygens (including phenoxy) is 2. The van der Waals surface area contributed by atoms with Crippen LogP contribution in [0.3, 0.4) is 0 Å². The smallest absolute Gasteiger partial charge is 0.171 e. The molecule has 0 amide bonds. The lowest BCUT2D eigenvalue weighted by atomic mass is 10.1. The Kier molecular flexibility index (Phi) is 4.86. The molecule has 3 rings (SSSR count). The Hall–Kier alpha value is -2.01. The molecule has 1 aliphatic heterocycles. The third-order valence-electron chi connectivity index (χ3n) is 4.73. The molecule has 1 fully saturated rings. The Morgan fingerprint density at radius 2 is 2.13 bits per heavy atom. The van der Waals surface area contributed by atoms with Gasteiger partial charge in [-0.15, -0.1) is 0 Å². The van der Waals surface area contributed by atoms with E-state index < -0.39 is 0 Å². The Morgan fingerprint density at radius 1 is 1.26 bits per heavy atom. The van der Waals surface area contributed by atoms with E-state index in [0.29, 0.717) is 6.04 Å². The molecule has 1 saturated heterocycles. The maximum Gasteiger partial charge on any atom is 0.171 e. The fourth-order valence-corrected chi connectivity index (χ4v) is 3.43. The molecule has 124 valence electrons. The van der Waals surface area contributed by atoms with Crippen molar-refractivity contribution in [2.24, 2.45) is 0 Å². The molecule has 1 aliphatic rings. The highest BCUT2D eigenvalue weighted by atomic mass is 16.5. The van der Waals surface area contributed by atoms with Crippen LogP contribution in [0.2, 0.25) is 0 Å².